The highest BCUT2D eigenvalue weighted by molar-refractivity contribution is 4.61. The second-order valence-corrected chi connectivity index (χ2v) is 2.51. The zero-order valence-electron chi connectivity index (χ0n) is 6.17. The molecule has 2 atom stereocenters. The molecular weight excluding hydrogens is 116 g/mol. The van der Waals surface area contributed by atoms with Crippen molar-refractivity contribution in [2.75, 3.05) is 13.2 Å². The Balaban J connectivity index is 3.50. The molecule has 9 heavy (non-hydrogen) atoms. The first kappa shape index (κ1) is 8.92. The van der Waals surface area contributed by atoms with Gasteiger partial charge in [0.25, 0.3) is 0 Å². The van der Waals surface area contributed by atoms with Gasteiger partial charge in [0.05, 0.1) is 0 Å². The van der Waals surface area contributed by atoms with E-state index >= 15 is 0 Å². The summed E-state index contributed by atoms with van der Waals surface area (Å²) in [6, 6.07) is 0. The quantitative estimate of drug-likeness (QED) is 0.589. The van der Waals surface area contributed by atoms with Crippen molar-refractivity contribution in [3.05, 3.63) is 0 Å². The first-order valence-corrected chi connectivity index (χ1v) is 3.47. The molecule has 0 bridgehead atoms. The van der Waals surface area contributed by atoms with Crippen molar-refractivity contribution >= 4 is 0 Å². The minimum absolute atomic E-state index is 0.180. The Hall–Kier alpha value is -0.0800. The van der Waals surface area contributed by atoms with Gasteiger partial charge < -0.3 is 10.2 Å². The third-order valence-electron chi connectivity index (χ3n) is 1.85. The van der Waals surface area contributed by atoms with E-state index in [1.807, 2.05) is 13.8 Å². The van der Waals surface area contributed by atoms with Crippen LogP contribution in [0.2, 0.25) is 0 Å². The van der Waals surface area contributed by atoms with Crippen molar-refractivity contribution in [1.29, 1.82) is 0 Å². The van der Waals surface area contributed by atoms with Gasteiger partial charge in [0.2, 0.25) is 0 Å². The average Bonchev–Trinajstić information content (AvgIpc) is 1.90. The second-order valence-electron chi connectivity index (χ2n) is 2.51. The van der Waals surface area contributed by atoms with Crippen molar-refractivity contribution in [1.82, 2.24) is 0 Å². The minimum Gasteiger partial charge on any atom is -0.396 e. The predicted octanol–water partition coefficient (Wildman–Crippen LogP) is 0.633. The highest BCUT2D eigenvalue weighted by Crippen LogP contribution is 2.12. The summed E-state index contributed by atoms with van der Waals surface area (Å²) < 4.78 is 0. The van der Waals surface area contributed by atoms with Crippen LogP contribution in [0.5, 0.6) is 0 Å². The van der Waals surface area contributed by atoms with Gasteiger partial charge in [-0.1, -0.05) is 20.3 Å². The van der Waals surface area contributed by atoms with Gasteiger partial charge in [-0.3, -0.25) is 0 Å². The maximum atomic E-state index is 8.72. The van der Waals surface area contributed by atoms with Crippen LogP contribution in [-0.4, -0.2) is 23.4 Å². The van der Waals surface area contributed by atoms with Crippen LogP contribution >= 0.6 is 0 Å². The van der Waals surface area contributed by atoms with Crippen LogP contribution in [-0.2, 0) is 0 Å². The van der Waals surface area contributed by atoms with E-state index in [1.54, 1.807) is 0 Å². The van der Waals surface area contributed by atoms with E-state index in [-0.39, 0.29) is 25.0 Å². The van der Waals surface area contributed by atoms with Crippen LogP contribution in [0.4, 0.5) is 0 Å². The minimum atomic E-state index is 0.180. The van der Waals surface area contributed by atoms with Crippen LogP contribution in [0.1, 0.15) is 20.3 Å². The standard InChI is InChI=1S/C7H16O2/c1-3-7(5-9)6(2)4-8/h6-9H,3-5H2,1-2H3. The smallest absolute Gasteiger partial charge is 0.0462 e. The molecule has 0 aromatic rings. The highest BCUT2D eigenvalue weighted by atomic mass is 16.3. The van der Waals surface area contributed by atoms with E-state index in [0.717, 1.165) is 6.42 Å². The Kier molecular flexibility index (Phi) is 4.72. The van der Waals surface area contributed by atoms with E-state index < -0.39 is 0 Å². The third kappa shape index (κ3) is 2.82. The lowest BCUT2D eigenvalue weighted by Crippen LogP contribution is -2.17. The average molecular weight is 132 g/mol. The number of aliphatic hydroxyl groups excluding tert-OH is 2. The molecule has 0 fully saturated rings. The second kappa shape index (κ2) is 4.77. The fourth-order valence-corrected chi connectivity index (χ4v) is 0.860. The molecule has 0 aliphatic heterocycles. The Labute approximate surface area is 56.5 Å². The van der Waals surface area contributed by atoms with E-state index in [2.05, 4.69) is 0 Å². The normalized spacial score (nSPS) is 17.3. The fraction of sp³-hybridized carbons (Fsp3) is 1.00. The van der Waals surface area contributed by atoms with Gasteiger partial charge in [-0.15, -0.1) is 0 Å². The van der Waals surface area contributed by atoms with Crippen molar-refractivity contribution in [3.63, 3.8) is 0 Å². The molecule has 0 rings (SSSR count). The molecule has 0 aliphatic rings. The first-order chi connectivity index (χ1) is 4.26. The van der Waals surface area contributed by atoms with Crippen molar-refractivity contribution < 1.29 is 10.2 Å². The maximum absolute atomic E-state index is 8.72. The van der Waals surface area contributed by atoms with Crippen LogP contribution in [0.25, 0.3) is 0 Å². The van der Waals surface area contributed by atoms with Gasteiger partial charge in [-0.25, -0.2) is 0 Å². The summed E-state index contributed by atoms with van der Waals surface area (Å²) in [4.78, 5) is 0. The molecule has 0 aromatic carbocycles. The van der Waals surface area contributed by atoms with E-state index in [0.29, 0.717) is 0 Å². The lowest BCUT2D eigenvalue weighted by molar-refractivity contribution is 0.127. The van der Waals surface area contributed by atoms with Crippen molar-refractivity contribution in [3.8, 4) is 0 Å². The molecule has 0 saturated carbocycles. The van der Waals surface area contributed by atoms with Crippen molar-refractivity contribution in [2.45, 2.75) is 20.3 Å². The molecule has 56 valence electrons. The molecule has 0 amide bonds. The maximum Gasteiger partial charge on any atom is 0.0462 e. The molecule has 0 aromatic heterocycles. The monoisotopic (exact) mass is 132 g/mol. The predicted molar refractivity (Wildman–Crippen MR) is 37.1 cm³/mol. The summed E-state index contributed by atoms with van der Waals surface area (Å²) in [6.45, 7) is 4.34. The largest absolute Gasteiger partial charge is 0.396 e. The molecule has 0 saturated heterocycles. The van der Waals surface area contributed by atoms with Gasteiger partial charge >= 0.3 is 0 Å². The van der Waals surface area contributed by atoms with E-state index in [1.165, 1.54) is 0 Å². The van der Waals surface area contributed by atoms with Crippen LogP contribution in [0, 0.1) is 11.8 Å². The Morgan fingerprint density at radius 2 is 1.78 bits per heavy atom. The van der Waals surface area contributed by atoms with Crippen molar-refractivity contribution in [2.24, 2.45) is 11.8 Å². The third-order valence-corrected chi connectivity index (χ3v) is 1.85. The van der Waals surface area contributed by atoms with Crippen LogP contribution in [0.15, 0.2) is 0 Å². The summed E-state index contributed by atoms with van der Waals surface area (Å²) in [5.74, 6) is 0.509. The number of hydrogen-bond acceptors (Lipinski definition) is 2. The van der Waals surface area contributed by atoms with Gasteiger partial charge in [0.1, 0.15) is 0 Å². The Bertz CT molecular complexity index is 59.9. The summed E-state index contributed by atoms with van der Waals surface area (Å²) in [5.41, 5.74) is 0. The molecule has 2 N–H and O–H groups in total. The molecule has 2 unspecified atom stereocenters. The van der Waals surface area contributed by atoms with Gasteiger partial charge in [0, 0.05) is 13.2 Å². The molecule has 0 radical (unpaired) electrons. The summed E-state index contributed by atoms with van der Waals surface area (Å²) >= 11 is 0. The molecular formula is C7H16O2. The zero-order chi connectivity index (χ0) is 7.28. The van der Waals surface area contributed by atoms with Crippen LogP contribution in [0.3, 0.4) is 0 Å². The van der Waals surface area contributed by atoms with E-state index in [9.17, 15) is 0 Å². The highest BCUT2D eigenvalue weighted by Gasteiger charge is 2.12. The van der Waals surface area contributed by atoms with E-state index in [4.69, 9.17) is 10.2 Å². The molecule has 2 heteroatoms. The van der Waals surface area contributed by atoms with Gasteiger partial charge in [-0.05, 0) is 11.8 Å². The lowest BCUT2D eigenvalue weighted by Gasteiger charge is -2.17. The topological polar surface area (TPSA) is 40.5 Å². The van der Waals surface area contributed by atoms with Gasteiger partial charge in [-0.2, -0.15) is 0 Å². The first-order valence-electron chi connectivity index (χ1n) is 3.47. The Morgan fingerprint density at radius 3 is 1.89 bits per heavy atom. The summed E-state index contributed by atoms with van der Waals surface area (Å²) in [6.07, 6.45) is 0.943. The van der Waals surface area contributed by atoms with Crippen LogP contribution < -0.4 is 0 Å². The Morgan fingerprint density at radius 1 is 1.22 bits per heavy atom. The molecule has 0 spiro atoms. The fourth-order valence-electron chi connectivity index (χ4n) is 0.860. The number of rotatable bonds is 4. The number of hydrogen-bond donors (Lipinski definition) is 2. The zero-order valence-corrected chi connectivity index (χ0v) is 6.17. The summed E-state index contributed by atoms with van der Waals surface area (Å²) in [5, 5.41) is 17.4. The molecule has 2 nitrogen and oxygen atoms in total. The SMILES string of the molecule is CCC(CO)C(C)CO. The number of aliphatic hydroxyl groups is 2. The summed E-state index contributed by atoms with van der Waals surface area (Å²) in [7, 11) is 0. The lowest BCUT2D eigenvalue weighted by atomic mass is 9.93. The molecule has 0 heterocycles. The molecule has 0 aliphatic carbocycles. The van der Waals surface area contributed by atoms with Gasteiger partial charge in [0.15, 0.2) is 0 Å².